The lowest BCUT2D eigenvalue weighted by Crippen LogP contribution is -2.27. The van der Waals surface area contributed by atoms with E-state index in [1.807, 2.05) is 32.0 Å². The summed E-state index contributed by atoms with van der Waals surface area (Å²) in [7, 11) is 0. The third-order valence-electron chi connectivity index (χ3n) is 4.21. The predicted octanol–water partition coefficient (Wildman–Crippen LogP) is 3.88. The number of nitrogens with one attached hydrogen (secondary N) is 2. The molecule has 0 radical (unpaired) electrons. The largest absolute Gasteiger partial charge is 0.363 e. The smallest absolute Gasteiger partial charge is 0.255 e. The van der Waals surface area contributed by atoms with Crippen molar-refractivity contribution in [1.29, 1.82) is 0 Å². The summed E-state index contributed by atoms with van der Waals surface area (Å²) in [5.74, 6) is 0.329. The Morgan fingerprint density at radius 3 is 2.92 bits per heavy atom. The van der Waals surface area contributed by atoms with Crippen molar-refractivity contribution in [2.24, 2.45) is 10.9 Å². The molecule has 5 nitrogen and oxygen atoms in total. The summed E-state index contributed by atoms with van der Waals surface area (Å²) < 4.78 is 0. The van der Waals surface area contributed by atoms with Gasteiger partial charge >= 0.3 is 0 Å². The molecule has 24 heavy (non-hydrogen) atoms. The maximum absolute atomic E-state index is 12.7. The SMILES string of the molecule is C=CC(=Nc1c(C(=O)NC(C)c2ccccn2)c[nH]c1C)C1CC1. The van der Waals surface area contributed by atoms with E-state index in [2.05, 4.69) is 21.9 Å². The average molecular weight is 322 g/mol. The summed E-state index contributed by atoms with van der Waals surface area (Å²) in [5, 5.41) is 2.99. The molecule has 2 aromatic heterocycles. The fourth-order valence-electron chi connectivity index (χ4n) is 2.63. The molecule has 2 heterocycles. The second-order valence-electron chi connectivity index (χ2n) is 6.14. The zero-order chi connectivity index (χ0) is 17.1. The van der Waals surface area contributed by atoms with Crippen molar-refractivity contribution >= 4 is 17.3 Å². The maximum atomic E-state index is 12.7. The number of hydrogen-bond donors (Lipinski definition) is 2. The summed E-state index contributed by atoms with van der Waals surface area (Å²) in [6, 6.07) is 5.49. The minimum Gasteiger partial charge on any atom is -0.363 e. The van der Waals surface area contributed by atoms with Gasteiger partial charge in [-0.05, 0) is 44.9 Å². The monoisotopic (exact) mass is 322 g/mol. The Bertz CT molecular complexity index is 772. The van der Waals surface area contributed by atoms with Crippen LogP contribution in [0.2, 0.25) is 0 Å². The summed E-state index contributed by atoms with van der Waals surface area (Å²) in [4.78, 5) is 24.7. The molecular weight excluding hydrogens is 300 g/mol. The van der Waals surface area contributed by atoms with Crippen LogP contribution in [0.15, 0.2) is 48.2 Å². The number of amides is 1. The van der Waals surface area contributed by atoms with Gasteiger partial charge in [0.1, 0.15) is 0 Å². The molecule has 0 bridgehead atoms. The number of carbonyl (C=O) groups is 1. The zero-order valence-corrected chi connectivity index (χ0v) is 14.0. The standard InChI is InChI=1S/C19H22N4O/c1-4-16(14-8-9-14)23-18-13(3)21-11-15(18)19(24)22-12(2)17-7-5-6-10-20-17/h4-7,10-12,14,21H,1,8-9H2,2-3H3,(H,22,24). The number of nitrogens with zero attached hydrogens (tertiary/aromatic N) is 2. The number of allylic oxidation sites excluding steroid dienone is 1. The number of H-pyrrole nitrogens is 1. The number of aromatic nitrogens is 2. The van der Waals surface area contributed by atoms with Crippen molar-refractivity contribution in [3.05, 3.63) is 60.2 Å². The number of aromatic amines is 1. The van der Waals surface area contributed by atoms with Gasteiger partial charge in [0.05, 0.1) is 23.0 Å². The van der Waals surface area contributed by atoms with Gasteiger partial charge in [-0.25, -0.2) is 0 Å². The first kappa shape index (κ1) is 16.2. The van der Waals surface area contributed by atoms with Crippen molar-refractivity contribution < 1.29 is 4.79 Å². The first-order valence-corrected chi connectivity index (χ1v) is 8.21. The first-order valence-electron chi connectivity index (χ1n) is 8.21. The van der Waals surface area contributed by atoms with E-state index in [9.17, 15) is 4.79 Å². The van der Waals surface area contributed by atoms with Crippen LogP contribution in [0.25, 0.3) is 0 Å². The quantitative estimate of drug-likeness (QED) is 0.792. The third kappa shape index (κ3) is 3.45. The number of pyridine rings is 1. The molecule has 0 aliphatic heterocycles. The van der Waals surface area contributed by atoms with Crippen molar-refractivity contribution in [2.45, 2.75) is 32.7 Å². The predicted molar refractivity (Wildman–Crippen MR) is 95.7 cm³/mol. The van der Waals surface area contributed by atoms with Crippen LogP contribution in [0, 0.1) is 12.8 Å². The normalized spacial score (nSPS) is 15.8. The summed E-state index contributed by atoms with van der Waals surface area (Å²) in [6.45, 7) is 7.69. The molecule has 1 saturated carbocycles. The number of rotatable bonds is 6. The van der Waals surface area contributed by atoms with Crippen molar-refractivity contribution in [1.82, 2.24) is 15.3 Å². The lowest BCUT2D eigenvalue weighted by molar-refractivity contribution is 0.0940. The zero-order valence-electron chi connectivity index (χ0n) is 14.0. The minimum absolute atomic E-state index is 0.157. The van der Waals surface area contributed by atoms with Crippen LogP contribution in [-0.2, 0) is 0 Å². The van der Waals surface area contributed by atoms with E-state index in [-0.39, 0.29) is 11.9 Å². The van der Waals surface area contributed by atoms with E-state index in [1.54, 1.807) is 18.5 Å². The van der Waals surface area contributed by atoms with Gasteiger partial charge in [-0.15, -0.1) is 0 Å². The van der Waals surface area contributed by atoms with E-state index in [1.165, 1.54) is 0 Å². The number of aliphatic imine (C=N–C) groups is 1. The fraction of sp³-hybridized carbons (Fsp3) is 0.316. The molecule has 2 N–H and O–H groups in total. The summed E-state index contributed by atoms with van der Waals surface area (Å²) in [5.41, 5.74) is 3.92. The highest BCUT2D eigenvalue weighted by molar-refractivity contribution is 6.04. The highest BCUT2D eigenvalue weighted by Crippen LogP contribution is 2.34. The van der Waals surface area contributed by atoms with Crippen molar-refractivity contribution in [2.75, 3.05) is 0 Å². The van der Waals surface area contributed by atoms with E-state index in [4.69, 9.17) is 4.99 Å². The summed E-state index contributed by atoms with van der Waals surface area (Å²) >= 11 is 0. The van der Waals surface area contributed by atoms with E-state index in [0.717, 1.165) is 29.9 Å². The van der Waals surface area contributed by atoms with Gasteiger partial charge in [-0.1, -0.05) is 12.6 Å². The highest BCUT2D eigenvalue weighted by atomic mass is 16.1. The van der Waals surface area contributed by atoms with Crippen LogP contribution in [0.1, 0.15) is 47.6 Å². The minimum atomic E-state index is -0.173. The lowest BCUT2D eigenvalue weighted by atomic mass is 10.1. The van der Waals surface area contributed by atoms with Gasteiger partial charge in [0.25, 0.3) is 5.91 Å². The molecular formula is C19H22N4O. The topological polar surface area (TPSA) is 70.1 Å². The lowest BCUT2D eigenvalue weighted by Gasteiger charge is -2.13. The van der Waals surface area contributed by atoms with Crippen molar-refractivity contribution in [3.63, 3.8) is 0 Å². The Morgan fingerprint density at radius 1 is 1.50 bits per heavy atom. The Balaban J connectivity index is 1.82. The Labute approximate surface area is 141 Å². The van der Waals surface area contributed by atoms with Crippen LogP contribution in [0.4, 0.5) is 5.69 Å². The average Bonchev–Trinajstić information content (AvgIpc) is 3.37. The first-order chi connectivity index (χ1) is 11.6. The highest BCUT2D eigenvalue weighted by Gasteiger charge is 2.27. The molecule has 1 aliphatic carbocycles. The molecule has 1 atom stereocenters. The Hall–Kier alpha value is -2.69. The number of aryl methyl sites for hydroxylation is 1. The number of hydrogen-bond acceptors (Lipinski definition) is 3. The molecule has 0 saturated heterocycles. The molecule has 5 heteroatoms. The molecule has 1 amide bonds. The van der Waals surface area contributed by atoms with Crippen LogP contribution < -0.4 is 5.32 Å². The molecule has 1 unspecified atom stereocenters. The fourth-order valence-corrected chi connectivity index (χ4v) is 2.63. The number of carbonyl (C=O) groups excluding carboxylic acids is 1. The summed E-state index contributed by atoms with van der Waals surface area (Å²) in [6.07, 6.45) is 7.52. The Kier molecular flexibility index (Phi) is 4.60. The van der Waals surface area contributed by atoms with Gasteiger partial charge in [-0.2, -0.15) is 0 Å². The molecule has 0 spiro atoms. The van der Waals surface area contributed by atoms with Gasteiger partial charge in [0.15, 0.2) is 0 Å². The molecule has 124 valence electrons. The van der Waals surface area contributed by atoms with Gasteiger partial charge in [0, 0.05) is 29.7 Å². The van der Waals surface area contributed by atoms with Gasteiger partial charge in [0.2, 0.25) is 0 Å². The maximum Gasteiger partial charge on any atom is 0.255 e. The second kappa shape index (κ2) is 6.83. The molecule has 0 aromatic carbocycles. The Morgan fingerprint density at radius 2 is 2.29 bits per heavy atom. The molecule has 3 rings (SSSR count). The van der Waals surface area contributed by atoms with E-state index < -0.39 is 0 Å². The van der Waals surface area contributed by atoms with Crippen LogP contribution in [-0.4, -0.2) is 21.6 Å². The van der Waals surface area contributed by atoms with Gasteiger partial charge < -0.3 is 10.3 Å². The van der Waals surface area contributed by atoms with E-state index in [0.29, 0.717) is 17.2 Å². The van der Waals surface area contributed by atoms with Crippen LogP contribution >= 0.6 is 0 Å². The molecule has 2 aromatic rings. The van der Waals surface area contributed by atoms with Crippen LogP contribution in [0.5, 0.6) is 0 Å². The van der Waals surface area contributed by atoms with E-state index >= 15 is 0 Å². The second-order valence-corrected chi connectivity index (χ2v) is 6.14. The molecule has 1 aliphatic rings. The third-order valence-corrected chi connectivity index (χ3v) is 4.21. The van der Waals surface area contributed by atoms with Crippen LogP contribution in [0.3, 0.4) is 0 Å². The molecule has 1 fully saturated rings. The van der Waals surface area contributed by atoms with Crippen molar-refractivity contribution in [3.8, 4) is 0 Å². The van der Waals surface area contributed by atoms with Gasteiger partial charge in [-0.3, -0.25) is 14.8 Å².